The molecule has 92 valence electrons. The van der Waals surface area contributed by atoms with Crippen molar-refractivity contribution in [2.24, 2.45) is 0 Å². The second-order valence-electron chi connectivity index (χ2n) is 4.48. The van der Waals surface area contributed by atoms with E-state index in [9.17, 15) is 4.79 Å². The van der Waals surface area contributed by atoms with E-state index in [0.717, 1.165) is 28.8 Å². The second-order valence-corrected chi connectivity index (χ2v) is 4.48. The fraction of sp³-hybridized carbons (Fsp3) is 0.188. The molecular formula is C16H17NO. The molecule has 0 saturated carbocycles. The van der Waals surface area contributed by atoms with E-state index in [4.69, 9.17) is 5.73 Å². The highest BCUT2D eigenvalue weighted by molar-refractivity contribution is 5.97. The minimum atomic E-state index is 0.199. The molecule has 0 bridgehead atoms. The molecule has 0 aromatic heterocycles. The lowest BCUT2D eigenvalue weighted by molar-refractivity contribution is 0.0982. The minimum Gasteiger partial charge on any atom is -0.399 e. The van der Waals surface area contributed by atoms with Crippen LogP contribution in [0.2, 0.25) is 0 Å². The number of hydrogen-bond donors (Lipinski definition) is 1. The Morgan fingerprint density at radius 2 is 1.72 bits per heavy atom. The van der Waals surface area contributed by atoms with Crippen molar-refractivity contribution >= 4 is 11.5 Å². The van der Waals surface area contributed by atoms with Crippen molar-refractivity contribution in [1.82, 2.24) is 0 Å². The van der Waals surface area contributed by atoms with Gasteiger partial charge >= 0.3 is 0 Å². The summed E-state index contributed by atoms with van der Waals surface area (Å²) in [5.74, 6) is 0.199. The normalized spacial score (nSPS) is 10.3. The van der Waals surface area contributed by atoms with Gasteiger partial charge in [0, 0.05) is 17.7 Å². The summed E-state index contributed by atoms with van der Waals surface area (Å²) in [5, 5.41) is 0. The van der Waals surface area contributed by atoms with E-state index >= 15 is 0 Å². The second kappa shape index (κ2) is 5.50. The summed E-state index contributed by atoms with van der Waals surface area (Å²) >= 11 is 0. The average molecular weight is 239 g/mol. The highest BCUT2D eigenvalue weighted by Gasteiger charge is 2.08. The number of hydrogen-bond acceptors (Lipinski definition) is 2. The van der Waals surface area contributed by atoms with E-state index in [1.54, 1.807) is 0 Å². The fourth-order valence-corrected chi connectivity index (χ4v) is 1.96. The third kappa shape index (κ3) is 2.98. The molecular weight excluding hydrogens is 222 g/mol. The van der Waals surface area contributed by atoms with Crippen LogP contribution in [0.5, 0.6) is 0 Å². The van der Waals surface area contributed by atoms with Gasteiger partial charge in [-0.3, -0.25) is 4.79 Å². The summed E-state index contributed by atoms with van der Waals surface area (Å²) < 4.78 is 0. The maximum atomic E-state index is 12.1. The Morgan fingerprint density at radius 3 is 2.39 bits per heavy atom. The number of nitrogen functional groups attached to an aromatic ring is 1. The van der Waals surface area contributed by atoms with Crippen molar-refractivity contribution < 1.29 is 4.79 Å². The lowest BCUT2D eigenvalue weighted by atomic mass is 9.99. The molecule has 0 unspecified atom stereocenters. The SMILES string of the molecule is Cc1ccccc1C(=O)CCc1ccc(N)cc1. The number of anilines is 1. The van der Waals surface area contributed by atoms with Gasteiger partial charge in [-0.25, -0.2) is 0 Å². The Labute approximate surface area is 107 Å². The van der Waals surface area contributed by atoms with Gasteiger partial charge < -0.3 is 5.73 Å². The molecule has 18 heavy (non-hydrogen) atoms. The number of nitrogens with two attached hydrogens (primary N) is 1. The zero-order valence-corrected chi connectivity index (χ0v) is 10.5. The van der Waals surface area contributed by atoms with E-state index in [-0.39, 0.29) is 5.78 Å². The van der Waals surface area contributed by atoms with Gasteiger partial charge in [-0.05, 0) is 36.6 Å². The molecule has 0 amide bonds. The van der Waals surface area contributed by atoms with Crippen LogP contribution in [0, 0.1) is 6.92 Å². The molecule has 0 spiro atoms. The molecule has 0 aliphatic heterocycles. The lowest BCUT2D eigenvalue weighted by Crippen LogP contribution is -2.03. The topological polar surface area (TPSA) is 43.1 Å². The molecule has 0 aliphatic carbocycles. The number of benzene rings is 2. The molecule has 2 rings (SSSR count). The fourth-order valence-electron chi connectivity index (χ4n) is 1.96. The predicted molar refractivity (Wildman–Crippen MR) is 74.7 cm³/mol. The van der Waals surface area contributed by atoms with Gasteiger partial charge in [0.2, 0.25) is 0 Å². The van der Waals surface area contributed by atoms with Crippen LogP contribution in [-0.2, 0) is 6.42 Å². The number of carbonyl (C=O) groups excluding carboxylic acids is 1. The van der Waals surface area contributed by atoms with Crippen LogP contribution in [0.3, 0.4) is 0 Å². The Bertz CT molecular complexity index is 543. The highest BCUT2D eigenvalue weighted by atomic mass is 16.1. The van der Waals surface area contributed by atoms with Gasteiger partial charge in [0.05, 0.1) is 0 Å². The van der Waals surface area contributed by atoms with Crippen LogP contribution < -0.4 is 5.73 Å². The first kappa shape index (κ1) is 12.4. The minimum absolute atomic E-state index is 0.199. The van der Waals surface area contributed by atoms with E-state index in [0.29, 0.717) is 6.42 Å². The van der Waals surface area contributed by atoms with Gasteiger partial charge in [0.1, 0.15) is 0 Å². The van der Waals surface area contributed by atoms with E-state index in [1.165, 1.54) is 0 Å². The molecule has 2 aromatic rings. The zero-order valence-electron chi connectivity index (χ0n) is 10.5. The van der Waals surface area contributed by atoms with Crippen LogP contribution in [0.4, 0.5) is 5.69 Å². The third-order valence-electron chi connectivity index (χ3n) is 3.07. The van der Waals surface area contributed by atoms with Crippen molar-refractivity contribution in [2.45, 2.75) is 19.8 Å². The van der Waals surface area contributed by atoms with Crippen molar-refractivity contribution in [1.29, 1.82) is 0 Å². The number of Topliss-reactive ketones (excluding diaryl/α,β-unsaturated/α-hetero) is 1. The maximum Gasteiger partial charge on any atom is 0.163 e. The summed E-state index contributed by atoms with van der Waals surface area (Å²) in [6.45, 7) is 1.97. The van der Waals surface area contributed by atoms with Crippen LogP contribution in [-0.4, -0.2) is 5.78 Å². The van der Waals surface area contributed by atoms with Crippen molar-refractivity contribution in [2.75, 3.05) is 5.73 Å². The van der Waals surface area contributed by atoms with Gasteiger partial charge in [-0.2, -0.15) is 0 Å². The van der Waals surface area contributed by atoms with Gasteiger partial charge in [0.15, 0.2) is 5.78 Å². The Hall–Kier alpha value is -2.09. The number of rotatable bonds is 4. The lowest BCUT2D eigenvalue weighted by Gasteiger charge is -2.05. The first-order valence-electron chi connectivity index (χ1n) is 6.10. The highest BCUT2D eigenvalue weighted by Crippen LogP contribution is 2.13. The summed E-state index contributed by atoms with van der Waals surface area (Å²) in [7, 11) is 0. The number of carbonyl (C=O) groups is 1. The van der Waals surface area contributed by atoms with Crippen LogP contribution in [0.15, 0.2) is 48.5 Å². The molecule has 2 heteroatoms. The third-order valence-corrected chi connectivity index (χ3v) is 3.07. The molecule has 0 fully saturated rings. The Morgan fingerprint density at radius 1 is 1.06 bits per heavy atom. The van der Waals surface area contributed by atoms with Gasteiger partial charge in [-0.15, -0.1) is 0 Å². The van der Waals surface area contributed by atoms with Crippen molar-refractivity contribution in [3.63, 3.8) is 0 Å². The van der Waals surface area contributed by atoms with E-state index < -0.39 is 0 Å². The number of aryl methyl sites for hydroxylation is 2. The summed E-state index contributed by atoms with van der Waals surface area (Å²) in [6, 6.07) is 15.4. The smallest absolute Gasteiger partial charge is 0.163 e. The average Bonchev–Trinajstić information content (AvgIpc) is 2.38. The molecule has 0 heterocycles. The van der Waals surface area contributed by atoms with Crippen LogP contribution >= 0.6 is 0 Å². The van der Waals surface area contributed by atoms with E-state index in [2.05, 4.69) is 0 Å². The quantitative estimate of drug-likeness (QED) is 0.656. The first-order chi connectivity index (χ1) is 8.66. The molecule has 0 saturated heterocycles. The molecule has 0 radical (unpaired) electrons. The predicted octanol–water partition coefficient (Wildman–Crippen LogP) is 3.39. The Balaban J connectivity index is 2.01. The first-order valence-corrected chi connectivity index (χ1v) is 6.10. The largest absolute Gasteiger partial charge is 0.399 e. The van der Waals surface area contributed by atoms with Gasteiger partial charge in [0.25, 0.3) is 0 Å². The number of ketones is 1. The van der Waals surface area contributed by atoms with Crippen LogP contribution in [0.1, 0.15) is 27.9 Å². The Kier molecular flexibility index (Phi) is 3.78. The standard InChI is InChI=1S/C16H17NO/c1-12-4-2-3-5-15(12)16(18)11-8-13-6-9-14(17)10-7-13/h2-7,9-10H,8,11,17H2,1H3. The van der Waals surface area contributed by atoms with Crippen molar-refractivity contribution in [3.05, 3.63) is 65.2 Å². The molecule has 2 N–H and O–H groups in total. The summed E-state index contributed by atoms with van der Waals surface area (Å²) in [4.78, 5) is 12.1. The monoisotopic (exact) mass is 239 g/mol. The molecule has 0 aliphatic rings. The maximum absolute atomic E-state index is 12.1. The van der Waals surface area contributed by atoms with Crippen LogP contribution in [0.25, 0.3) is 0 Å². The van der Waals surface area contributed by atoms with Crippen molar-refractivity contribution in [3.8, 4) is 0 Å². The summed E-state index contributed by atoms with van der Waals surface area (Å²) in [5.41, 5.74) is 9.39. The van der Waals surface area contributed by atoms with E-state index in [1.807, 2.05) is 55.5 Å². The molecule has 0 atom stereocenters. The van der Waals surface area contributed by atoms with Gasteiger partial charge in [-0.1, -0.05) is 36.4 Å². The molecule has 2 aromatic carbocycles. The zero-order chi connectivity index (χ0) is 13.0. The summed E-state index contributed by atoms with van der Waals surface area (Å²) in [6.07, 6.45) is 1.29. The molecule has 2 nitrogen and oxygen atoms in total.